The molecule has 1 amide bonds. The summed E-state index contributed by atoms with van der Waals surface area (Å²) in [7, 11) is 0. The van der Waals surface area contributed by atoms with Crippen molar-refractivity contribution in [3.8, 4) is 0 Å². The fraction of sp³-hybridized carbons (Fsp3) is 0.176. The summed E-state index contributed by atoms with van der Waals surface area (Å²) in [5.41, 5.74) is 3.24. The van der Waals surface area contributed by atoms with E-state index in [0.29, 0.717) is 13.0 Å². The average Bonchev–Trinajstić information content (AvgIpc) is 2.91. The van der Waals surface area contributed by atoms with Crippen LogP contribution in [0, 0.1) is 6.92 Å². The van der Waals surface area contributed by atoms with Crippen molar-refractivity contribution in [1.82, 2.24) is 14.7 Å². The molecule has 1 N–H and O–H groups in total. The SMILES string of the molecule is Cc1ccc(CC(=O)NCc2ncc3ccccn23)cc1. The van der Waals surface area contributed by atoms with Crippen molar-refractivity contribution in [2.24, 2.45) is 0 Å². The summed E-state index contributed by atoms with van der Waals surface area (Å²) < 4.78 is 1.98. The van der Waals surface area contributed by atoms with Gasteiger partial charge in [-0.15, -0.1) is 0 Å². The molecular weight excluding hydrogens is 262 g/mol. The Morgan fingerprint density at radius 3 is 2.81 bits per heavy atom. The second-order valence-electron chi connectivity index (χ2n) is 5.11. The van der Waals surface area contributed by atoms with Crippen molar-refractivity contribution in [3.63, 3.8) is 0 Å². The maximum Gasteiger partial charge on any atom is 0.224 e. The Morgan fingerprint density at radius 2 is 2.00 bits per heavy atom. The molecule has 3 aromatic rings. The smallest absolute Gasteiger partial charge is 0.224 e. The highest BCUT2D eigenvalue weighted by atomic mass is 16.1. The van der Waals surface area contributed by atoms with E-state index in [1.807, 2.05) is 66.2 Å². The molecule has 0 aliphatic heterocycles. The number of imidazole rings is 1. The maximum atomic E-state index is 12.0. The van der Waals surface area contributed by atoms with E-state index in [-0.39, 0.29) is 5.91 Å². The number of nitrogens with one attached hydrogen (secondary N) is 1. The zero-order valence-corrected chi connectivity index (χ0v) is 11.9. The van der Waals surface area contributed by atoms with Gasteiger partial charge in [-0.2, -0.15) is 0 Å². The van der Waals surface area contributed by atoms with Crippen molar-refractivity contribution < 1.29 is 4.79 Å². The summed E-state index contributed by atoms with van der Waals surface area (Å²) in [4.78, 5) is 16.3. The molecule has 0 saturated carbocycles. The lowest BCUT2D eigenvalue weighted by Crippen LogP contribution is -2.25. The first-order valence-electron chi connectivity index (χ1n) is 6.95. The summed E-state index contributed by atoms with van der Waals surface area (Å²) in [5.74, 6) is 0.842. The second-order valence-corrected chi connectivity index (χ2v) is 5.11. The number of benzene rings is 1. The first-order chi connectivity index (χ1) is 10.2. The number of aryl methyl sites for hydroxylation is 1. The first-order valence-corrected chi connectivity index (χ1v) is 6.95. The van der Waals surface area contributed by atoms with Crippen LogP contribution in [0.3, 0.4) is 0 Å². The van der Waals surface area contributed by atoms with Gasteiger partial charge in [-0.1, -0.05) is 35.9 Å². The van der Waals surface area contributed by atoms with Gasteiger partial charge in [0.1, 0.15) is 5.82 Å². The molecule has 0 radical (unpaired) electrons. The van der Waals surface area contributed by atoms with Crippen molar-refractivity contribution in [2.75, 3.05) is 0 Å². The van der Waals surface area contributed by atoms with Gasteiger partial charge in [0.15, 0.2) is 0 Å². The van der Waals surface area contributed by atoms with E-state index in [0.717, 1.165) is 16.9 Å². The van der Waals surface area contributed by atoms with Crippen LogP contribution in [0.5, 0.6) is 0 Å². The Kier molecular flexibility index (Phi) is 3.69. The van der Waals surface area contributed by atoms with E-state index in [1.165, 1.54) is 5.56 Å². The van der Waals surface area contributed by atoms with Gasteiger partial charge in [0.2, 0.25) is 5.91 Å². The van der Waals surface area contributed by atoms with Crippen LogP contribution in [0.15, 0.2) is 54.9 Å². The molecule has 0 fully saturated rings. The summed E-state index contributed by atoms with van der Waals surface area (Å²) in [6, 6.07) is 13.9. The molecule has 0 atom stereocenters. The minimum absolute atomic E-state index is 0.00605. The van der Waals surface area contributed by atoms with Crippen molar-refractivity contribution in [2.45, 2.75) is 19.9 Å². The topological polar surface area (TPSA) is 46.4 Å². The van der Waals surface area contributed by atoms with E-state index in [1.54, 1.807) is 0 Å². The monoisotopic (exact) mass is 279 g/mol. The number of rotatable bonds is 4. The quantitative estimate of drug-likeness (QED) is 0.797. The molecular formula is C17H17N3O. The minimum Gasteiger partial charge on any atom is -0.349 e. The first kappa shape index (κ1) is 13.4. The number of hydrogen-bond acceptors (Lipinski definition) is 2. The number of aromatic nitrogens is 2. The van der Waals surface area contributed by atoms with Crippen LogP contribution in [-0.4, -0.2) is 15.3 Å². The number of carbonyl (C=O) groups excluding carboxylic acids is 1. The lowest BCUT2D eigenvalue weighted by molar-refractivity contribution is -0.120. The third kappa shape index (κ3) is 3.11. The van der Waals surface area contributed by atoms with Crippen molar-refractivity contribution in [3.05, 3.63) is 71.8 Å². The van der Waals surface area contributed by atoms with Crippen LogP contribution in [0.2, 0.25) is 0 Å². The van der Waals surface area contributed by atoms with Gasteiger partial charge in [0, 0.05) is 6.20 Å². The summed E-state index contributed by atoms with van der Waals surface area (Å²) >= 11 is 0. The van der Waals surface area contributed by atoms with E-state index >= 15 is 0 Å². The fourth-order valence-electron chi connectivity index (χ4n) is 2.26. The predicted octanol–water partition coefficient (Wildman–Crippen LogP) is 2.50. The number of carbonyl (C=O) groups is 1. The molecule has 3 rings (SSSR count). The normalized spacial score (nSPS) is 10.7. The Balaban J connectivity index is 1.62. The lowest BCUT2D eigenvalue weighted by atomic mass is 10.1. The average molecular weight is 279 g/mol. The molecule has 0 aliphatic carbocycles. The van der Waals surface area contributed by atoms with Crippen LogP contribution < -0.4 is 5.32 Å². The van der Waals surface area contributed by atoms with Gasteiger partial charge in [0.25, 0.3) is 0 Å². The van der Waals surface area contributed by atoms with Gasteiger partial charge in [0.05, 0.1) is 24.7 Å². The van der Waals surface area contributed by atoms with Crippen LogP contribution in [-0.2, 0) is 17.8 Å². The lowest BCUT2D eigenvalue weighted by Gasteiger charge is -2.05. The highest BCUT2D eigenvalue weighted by Gasteiger charge is 2.06. The van der Waals surface area contributed by atoms with Gasteiger partial charge in [-0.25, -0.2) is 4.98 Å². The highest BCUT2D eigenvalue weighted by Crippen LogP contribution is 2.06. The molecule has 2 heterocycles. The third-order valence-electron chi connectivity index (χ3n) is 3.44. The molecule has 4 nitrogen and oxygen atoms in total. The third-order valence-corrected chi connectivity index (χ3v) is 3.44. The molecule has 21 heavy (non-hydrogen) atoms. The molecule has 2 aromatic heterocycles. The molecule has 0 spiro atoms. The largest absolute Gasteiger partial charge is 0.349 e. The molecule has 106 valence electrons. The Morgan fingerprint density at radius 1 is 1.19 bits per heavy atom. The predicted molar refractivity (Wildman–Crippen MR) is 81.9 cm³/mol. The summed E-state index contributed by atoms with van der Waals surface area (Å²) in [5, 5.41) is 2.92. The molecule has 0 unspecified atom stereocenters. The zero-order valence-electron chi connectivity index (χ0n) is 11.9. The van der Waals surface area contributed by atoms with Gasteiger partial charge in [-0.3, -0.25) is 4.79 Å². The van der Waals surface area contributed by atoms with E-state index in [9.17, 15) is 4.79 Å². The zero-order chi connectivity index (χ0) is 14.7. The molecule has 0 aliphatic rings. The van der Waals surface area contributed by atoms with Crippen molar-refractivity contribution in [1.29, 1.82) is 0 Å². The van der Waals surface area contributed by atoms with Gasteiger partial charge >= 0.3 is 0 Å². The van der Waals surface area contributed by atoms with Crippen LogP contribution >= 0.6 is 0 Å². The molecule has 0 bridgehead atoms. The molecule has 4 heteroatoms. The standard InChI is InChI=1S/C17H17N3O/c1-13-5-7-14(8-6-13)10-17(21)19-12-16-18-11-15-4-2-3-9-20(15)16/h2-9,11H,10,12H2,1H3,(H,19,21). The van der Waals surface area contributed by atoms with Crippen molar-refractivity contribution >= 4 is 11.4 Å². The van der Waals surface area contributed by atoms with Crippen LogP contribution in [0.1, 0.15) is 17.0 Å². The molecule has 1 aromatic carbocycles. The Bertz CT molecular complexity index is 759. The Labute approximate surface area is 123 Å². The van der Waals surface area contributed by atoms with Gasteiger partial charge < -0.3 is 9.72 Å². The van der Waals surface area contributed by atoms with E-state index in [2.05, 4.69) is 10.3 Å². The van der Waals surface area contributed by atoms with Crippen LogP contribution in [0.4, 0.5) is 0 Å². The number of hydrogen-bond donors (Lipinski definition) is 1. The number of fused-ring (bicyclic) bond motifs is 1. The minimum atomic E-state index is 0.00605. The summed E-state index contributed by atoms with van der Waals surface area (Å²) in [6.07, 6.45) is 4.15. The van der Waals surface area contributed by atoms with E-state index in [4.69, 9.17) is 0 Å². The maximum absolute atomic E-state index is 12.0. The summed E-state index contributed by atoms with van der Waals surface area (Å²) in [6.45, 7) is 2.47. The van der Waals surface area contributed by atoms with Crippen LogP contribution in [0.25, 0.3) is 5.52 Å². The number of nitrogens with zero attached hydrogens (tertiary/aromatic N) is 2. The Hall–Kier alpha value is -2.62. The molecule has 0 saturated heterocycles. The van der Waals surface area contributed by atoms with E-state index < -0.39 is 0 Å². The number of pyridine rings is 1. The highest BCUT2D eigenvalue weighted by molar-refractivity contribution is 5.78. The number of amides is 1. The van der Waals surface area contributed by atoms with Gasteiger partial charge in [-0.05, 0) is 24.6 Å². The second kappa shape index (κ2) is 5.79. The fourth-order valence-corrected chi connectivity index (χ4v) is 2.26.